The van der Waals surface area contributed by atoms with E-state index in [9.17, 15) is 17.6 Å². The minimum absolute atomic E-state index is 0.0141. The van der Waals surface area contributed by atoms with Crippen molar-refractivity contribution in [3.8, 4) is 16.9 Å². The number of alkyl halides is 3. The molecule has 0 N–H and O–H groups in total. The molecule has 0 amide bonds. The van der Waals surface area contributed by atoms with Gasteiger partial charge in [0.25, 0.3) is 0 Å². The van der Waals surface area contributed by atoms with Crippen LogP contribution in [0.25, 0.3) is 11.1 Å². The minimum Gasteiger partial charge on any atom is -0.489 e. The van der Waals surface area contributed by atoms with Crippen LogP contribution >= 0.6 is 0 Å². The molecule has 128 valence electrons. The summed E-state index contributed by atoms with van der Waals surface area (Å²) in [4.78, 5) is 0. The summed E-state index contributed by atoms with van der Waals surface area (Å²) in [5.74, 6) is -0.340. The largest absolute Gasteiger partial charge is 0.489 e. The molecule has 0 aliphatic rings. The predicted molar refractivity (Wildman–Crippen MR) is 87.6 cm³/mol. The van der Waals surface area contributed by atoms with Crippen molar-refractivity contribution in [2.75, 3.05) is 0 Å². The Morgan fingerprint density at radius 1 is 0.800 bits per heavy atom. The molecule has 1 nitrogen and oxygen atoms in total. The van der Waals surface area contributed by atoms with E-state index in [4.69, 9.17) is 4.74 Å². The van der Waals surface area contributed by atoms with Crippen LogP contribution in [0.2, 0.25) is 0 Å². The first-order chi connectivity index (χ1) is 11.9. The topological polar surface area (TPSA) is 9.23 Å². The van der Waals surface area contributed by atoms with Gasteiger partial charge in [-0.15, -0.1) is 0 Å². The Morgan fingerprint density at radius 3 is 2.24 bits per heavy atom. The highest BCUT2D eigenvalue weighted by atomic mass is 19.4. The highest BCUT2D eigenvalue weighted by Gasteiger charge is 2.34. The SMILES string of the molecule is Fc1cccc(COc2ccc(-c3ccccc3)c(C(F)(F)F)c2)c1. The van der Waals surface area contributed by atoms with Crippen molar-refractivity contribution in [3.63, 3.8) is 0 Å². The number of hydrogen-bond acceptors (Lipinski definition) is 1. The molecule has 0 heterocycles. The van der Waals surface area contributed by atoms with E-state index in [0.29, 0.717) is 11.1 Å². The second-order valence-electron chi connectivity index (χ2n) is 5.49. The molecule has 3 aromatic rings. The fraction of sp³-hybridized carbons (Fsp3) is 0.100. The molecule has 3 aromatic carbocycles. The molecule has 0 spiro atoms. The molecule has 0 saturated heterocycles. The molecule has 0 aliphatic heterocycles. The van der Waals surface area contributed by atoms with Crippen molar-refractivity contribution in [1.29, 1.82) is 0 Å². The Bertz CT molecular complexity index is 857. The lowest BCUT2D eigenvalue weighted by molar-refractivity contribution is -0.137. The van der Waals surface area contributed by atoms with Crippen LogP contribution in [0, 0.1) is 5.82 Å². The molecule has 25 heavy (non-hydrogen) atoms. The first-order valence-corrected chi connectivity index (χ1v) is 7.57. The van der Waals surface area contributed by atoms with Crippen molar-refractivity contribution in [2.45, 2.75) is 12.8 Å². The monoisotopic (exact) mass is 346 g/mol. The number of halogens is 4. The lowest BCUT2D eigenvalue weighted by Crippen LogP contribution is -2.08. The van der Waals surface area contributed by atoms with Gasteiger partial charge in [0, 0.05) is 0 Å². The van der Waals surface area contributed by atoms with Gasteiger partial charge in [-0.25, -0.2) is 4.39 Å². The van der Waals surface area contributed by atoms with Crippen molar-refractivity contribution < 1.29 is 22.3 Å². The molecule has 0 fully saturated rings. The van der Waals surface area contributed by atoms with Crippen molar-refractivity contribution >= 4 is 0 Å². The highest BCUT2D eigenvalue weighted by Crippen LogP contribution is 2.39. The standard InChI is InChI=1S/C20H14F4O/c21-16-8-4-5-14(11-16)13-25-17-9-10-18(15-6-2-1-3-7-15)19(12-17)20(22,23)24/h1-12H,13H2. The summed E-state index contributed by atoms with van der Waals surface area (Å²) >= 11 is 0. The van der Waals surface area contributed by atoms with Crippen LogP contribution in [-0.4, -0.2) is 0 Å². The summed E-state index contributed by atoms with van der Waals surface area (Å²) in [5.41, 5.74) is 0.342. The van der Waals surface area contributed by atoms with Gasteiger partial charge in [0.2, 0.25) is 0 Å². The maximum Gasteiger partial charge on any atom is 0.417 e. The van der Waals surface area contributed by atoms with Crippen LogP contribution in [0.1, 0.15) is 11.1 Å². The molecule has 0 aliphatic carbocycles. The average Bonchev–Trinajstić information content (AvgIpc) is 2.60. The van der Waals surface area contributed by atoms with Crippen molar-refractivity contribution in [2.24, 2.45) is 0 Å². The normalized spacial score (nSPS) is 11.4. The Balaban J connectivity index is 1.89. The molecule has 0 saturated carbocycles. The fourth-order valence-corrected chi connectivity index (χ4v) is 2.51. The lowest BCUT2D eigenvalue weighted by Gasteiger charge is -2.15. The van der Waals surface area contributed by atoms with Gasteiger partial charge in [0.15, 0.2) is 0 Å². The van der Waals surface area contributed by atoms with Crippen molar-refractivity contribution in [3.05, 3.63) is 89.7 Å². The zero-order valence-corrected chi connectivity index (χ0v) is 13.1. The third kappa shape index (κ3) is 4.18. The Hall–Kier alpha value is -2.82. The van der Waals surface area contributed by atoms with Gasteiger partial charge in [-0.2, -0.15) is 13.2 Å². The molecule has 0 radical (unpaired) electrons. The minimum atomic E-state index is -4.51. The summed E-state index contributed by atoms with van der Waals surface area (Å²) in [6, 6.07) is 17.9. The predicted octanol–water partition coefficient (Wildman–Crippen LogP) is 6.09. The first kappa shape index (κ1) is 17.0. The number of rotatable bonds is 4. The summed E-state index contributed by atoms with van der Waals surface area (Å²) in [6.45, 7) is -0.0141. The van der Waals surface area contributed by atoms with Crippen LogP contribution in [0.15, 0.2) is 72.8 Å². The molecular formula is C20H14F4O. The molecule has 0 unspecified atom stereocenters. The van der Waals surface area contributed by atoms with E-state index < -0.39 is 17.6 Å². The van der Waals surface area contributed by atoms with Gasteiger partial charge in [-0.05, 0) is 41.0 Å². The smallest absolute Gasteiger partial charge is 0.417 e. The Labute approximate surface area is 142 Å². The van der Waals surface area contributed by atoms with Gasteiger partial charge >= 0.3 is 6.18 Å². The second-order valence-corrected chi connectivity index (χ2v) is 5.49. The van der Waals surface area contributed by atoms with Gasteiger partial charge in [0.05, 0.1) is 5.56 Å². The molecular weight excluding hydrogens is 332 g/mol. The first-order valence-electron chi connectivity index (χ1n) is 7.57. The number of ether oxygens (including phenoxy) is 1. The highest BCUT2D eigenvalue weighted by molar-refractivity contribution is 5.69. The van der Waals surface area contributed by atoms with E-state index in [2.05, 4.69) is 0 Å². The van der Waals surface area contributed by atoms with E-state index in [1.807, 2.05) is 0 Å². The van der Waals surface area contributed by atoms with Crippen LogP contribution in [0.3, 0.4) is 0 Å². The van der Waals surface area contributed by atoms with Gasteiger partial charge in [0.1, 0.15) is 18.2 Å². The van der Waals surface area contributed by atoms with E-state index >= 15 is 0 Å². The van der Waals surface area contributed by atoms with Crippen LogP contribution in [0.4, 0.5) is 17.6 Å². The maximum atomic E-state index is 13.4. The van der Waals surface area contributed by atoms with Crippen LogP contribution in [0.5, 0.6) is 5.75 Å². The van der Waals surface area contributed by atoms with E-state index in [1.165, 1.54) is 30.3 Å². The number of benzene rings is 3. The second kappa shape index (κ2) is 6.97. The van der Waals surface area contributed by atoms with Crippen molar-refractivity contribution in [1.82, 2.24) is 0 Å². The summed E-state index contributed by atoms with van der Waals surface area (Å²) in [5, 5.41) is 0. The maximum absolute atomic E-state index is 13.4. The van der Waals surface area contributed by atoms with Crippen LogP contribution < -0.4 is 4.74 Å². The van der Waals surface area contributed by atoms with Crippen LogP contribution in [-0.2, 0) is 12.8 Å². The number of hydrogen-bond donors (Lipinski definition) is 0. The lowest BCUT2D eigenvalue weighted by atomic mass is 9.99. The summed E-state index contributed by atoms with van der Waals surface area (Å²) in [7, 11) is 0. The Kier molecular flexibility index (Phi) is 4.74. The fourth-order valence-electron chi connectivity index (χ4n) is 2.51. The third-order valence-corrected chi connectivity index (χ3v) is 3.68. The molecule has 0 atom stereocenters. The van der Waals surface area contributed by atoms with Gasteiger partial charge < -0.3 is 4.74 Å². The summed E-state index contributed by atoms with van der Waals surface area (Å²) < 4.78 is 58.8. The average molecular weight is 346 g/mol. The molecule has 3 rings (SSSR count). The quantitative estimate of drug-likeness (QED) is 0.519. The molecule has 0 bridgehead atoms. The van der Waals surface area contributed by atoms with Gasteiger partial charge in [-0.3, -0.25) is 0 Å². The van der Waals surface area contributed by atoms with E-state index in [0.717, 1.165) is 6.07 Å². The summed E-state index contributed by atoms with van der Waals surface area (Å²) in [6.07, 6.45) is -4.51. The third-order valence-electron chi connectivity index (χ3n) is 3.68. The Morgan fingerprint density at radius 2 is 1.56 bits per heavy atom. The van der Waals surface area contributed by atoms with Gasteiger partial charge in [-0.1, -0.05) is 48.5 Å². The molecule has 0 aromatic heterocycles. The zero-order chi connectivity index (χ0) is 17.9. The van der Waals surface area contributed by atoms with E-state index in [1.54, 1.807) is 36.4 Å². The van der Waals surface area contributed by atoms with E-state index in [-0.39, 0.29) is 17.9 Å². The zero-order valence-electron chi connectivity index (χ0n) is 13.1. The molecule has 5 heteroatoms.